The fourth-order valence-electron chi connectivity index (χ4n) is 4.27. The van der Waals surface area contributed by atoms with E-state index in [2.05, 4.69) is 40.4 Å². The van der Waals surface area contributed by atoms with Crippen LogP contribution in [0.25, 0.3) is 22.6 Å². The minimum atomic E-state index is -0.402. The lowest BCUT2D eigenvalue weighted by Crippen LogP contribution is -2.26. The number of pyridine rings is 1. The van der Waals surface area contributed by atoms with Crippen molar-refractivity contribution >= 4 is 5.71 Å². The van der Waals surface area contributed by atoms with Crippen molar-refractivity contribution in [1.29, 1.82) is 0 Å². The molecule has 6 nitrogen and oxygen atoms in total. The summed E-state index contributed by atoms with van der Waals surface area (Å²) in [6, 6.07) is 11.9. The highest BCUT2D eigenvalue weighted by Crippen LogP contribution is 2.36. The number of imidazole rings is 1. The Bertz CT molecular complexity index is 1320. The zero-order valence-corrected chi connectivity index (χ0v) is 22.9. The molecule has 2 aromatic heterocycles. The number of aliphatic imine (C=N–C) groups is 1. The van der Waals surface area contributed by atoms with Crippen LogP contribution in [0.4, 0.5) is 0 Å². The van der Waals surface area contributed by atoms with Crippen LogP contribution < -0.4 is 4.74 Å². The monoisotopic (exact) mass is 510 g/mol. The number of hydrogen-bond acceptors (Lipinski definition) is 5. The van der Waals surface area contributed by atoms with Gasteiger partial charge in [-0.1, -0.05) is 26.5 Å². The lowest BCUT2D eigenvalue weighted by Gasteiger charge is -2.29. The fourth-order valence-corrected chi connectivity index (χ4v) is 4.27. The first-order valence-electron chi connectivity index (χ1n) is 13.3. The average molecular weight is 511 g/mol. The van der Waals surface area contributed by atoms with Crippen LogP contribution in [0.15, 0.2) is 90.0 Å². The van der Waals surface area contributed by atoms with Crippen molar-refractivity contribution in [3.63, 3.8) is 0 Å². The Morgan fingerprint density at radius 1 is 1.13 bits per heavy atom. The van der Waals surface area contributed by atoms with Crippen molar-refractivity contribution in [3.8, 4) is 28.4 Å². The highest BCUT2D eigenvalue weighted by Gasteiger charge is 2.29. The number of allylic oxidation sites excluding steroid dienone is 3. The van der Waals surface area contributed by atoms with E-state index in [-0.39, 0.29) is 0 Å². The number of aliphatic hydroxyl groups is 1. The van der Waals surface area contributed by atoms with E-state index in [9.17, 15) is 5.11 Å². The summed E-state index contributed by atoms with van der Waals surface area (Å²) < 4.78 is 6.01. The molecule has 1 saturated carbocycles. The number of ether oxygens (including phenoxy) is 1. The van der Waals surface area contributed by atoms with Gasteiger partial charge in [-0.05, 0) is 87.6 Å². The molecule has 6 heteroatoms. The first-order valence-corrected chi connectivity index (χ1v) is 13.3. The zero-order chi connectivity index (χ0) is 27.1. The van der Waals surface area contributed by atoms with Crippen LogP contribution in [0.3, 0.4) is 0 Å². The molecule has 1 aromatic carbocycles. The van der Waals surface area contributed by atoms with Gasteiger partial charge in [-0.2, -0.15) is 0 Å². The molecule has 1 unspecified atom stereocenters. The molecule has 0 amide bonds. The topological polar surface area (TPSA) is 83.4 Å². The Labute approximate surface area is 225 Å². The number of hydrogen-bond donors (Lipinski definition) is 2. The molecule has 3 aromatic rings. The molecule has 4 rings (SSSR count). The third-order valence-electron chi connectivity index (χ3n) is 7.09. The van der Waals surface area contributed by atoms with Gasteiger partial charge in [0.1, 0.15) is 23.9 Å². The number of aliphatic hydroxyl groups excluding tert-OH is 1. The van der Waals surface area contributed by atoms with Crippen molar-refractivity contribution in [2.24, 2.45) is 16.3 Å². The Morgan fingerprint density at radius 2 is 1.87 bits per heavy atom. The molecule has 198 valence electrons. The van der Waals surface area contributed by atoms with Crippen LogP contribution in [-0.4, -0.2) is 32.4 Å². The Balaban J connectivity index is 1.43. The van der Waals surface area contributed by atoms with Crippen LogP contribution in [-0.2, 0) is 0 Å². The normalized spacial score (nSPS) is 14.8. The van der Waals surface area contributed by atoms with Gasteiger partial charge in [0.2, 0.25) is 0 Å². The summed E-state index contributed by atoms with van der Waals surface area (Å²) in [6.07, 6.45) is 13.1. The van der Waals surface area contributed by atoms with Crippen molar-refractivity contribution in [1.82, 2.24) is 15.0 Å². The van der Waals surface area contributed by atoms with Gasteiger partial charge < -0.3 is 14.8 Å². The molecular formula is C32H38N4O2. The van der Waals surface area contributed by atoms with Crippen molar-refractivity contribution in [2.75, 3.05) is 6.61 Å². The fraction of sp³-hybridized carbons (Fsp3) is 0.344. The summed E-state index contributed by atoms with van der Waals surface area (Å²) in [6.45, 7) is 12.5. The highest BCUT2D eigenvalue weighted by molar-refractivity contribution is 6.01. The number of nitrogens with zero attached hydrogens (tertiary/aromatic N) is 3. The van der Waals surface area contributed by atoms with Gasteiger partial charge in [-0.15, -0.1) is 0 Å². The minimum Gasteiger partial charge on any atom is -0.512 e. The van der Waals surface area contributed by atoms with Crippen LogP contribution in [0.5, 0.6) is 5.75 Å². The predicted octanol–water partition coefficient (Wildman–Crippen LogP) is 8.07. The maximum Gasteiger partial charge on any atom is 0.139 e. The highest BCUT2D eigenvalue weighted by atomic mass is 16.5. The first kappa shape index (κ1) is 27.1. The number of rotatable bonds is 11. The summed E-state index contributed by atoms with van der Waals surface area (Å²) in [5.74, 6) is 2.31. The number of aromatic nitrogens is 3. The smallest absolute Gasteiger partial charge is 0.139 e. The molecule has 0 bridgehead atoms. The van der Waals surface area contributed by atoms with E-state index in [1.165, 1.54) is 5.57 Å². The SMILES string of the molecule is C=C/C=C\N=C(c1cnc(-c2ccc(-c3ccc(OCC(C)(C)C(O)=C4CCC4)cc3)nc2)[nH]1)C(C)CC. The predicted molar refractivity (Wildman–Crippen MR) is 155 cm³/mol. The van der Waals surface area contributed by atoms with Gasteiger partial charge in [-0.25, -0.2) is 4.98 Å². The largest absolute Gasteiger partial charge is 0.512 e. The lowest BCUT2D eigenvalue weighted by molar-refractivity contribution is 0.152. The van der Waals surface area contributed by atoms with E-state index in [1.54, 1.807) is 12.3 Å². The third-order valence-corrected chi connectivity index (χ3v) is 7.09. The van der Waals surface area contributed by atoms with E-state index in [0.29, 0.717) is 18.3 Å². The quantitative estimate of drug-likeness (QED) is 0.155. The maximum absolute atomic E-state index is 10.6. The standard InChI is InChI=1S/C32H38N4O2/c1-6-8-18-33-29(22(3)7-2)28-20-35-31(36-28)25-14-17-27(34-19-25)23-12-15-26(16-13-23)38-21-32(4,5)30(37)24-10-9-11-24/h6,8,12-20,22,37H,1,7,9-11,21H2,2-5H3,(H,35,36)/b18-8-,33-29?. The molecule has 1 aliphatic rings. The van der Waals surface area contributed by atoms with Crippen LogP contribution in [0, 0.1) is 11.3 Å². The van der Waals surface area contributed by atoms with E-state index in [0.717, 1.165) is 65.5 Å². The second-order valence-corrected chi connectivity index (χ2v) is 10.5. The number of H-pyrrole nitrogens is 1. The molecular weight excluding hydrogens is 472 g/mol. The third kappa shape index (κ3) is 6.31. The second kappa shape index (κ2) is 12.1. The van der Waals surface area contributed by atoms with E-state index in [4.69, 9.17) is 4.74 Å². The Hall–Kier alpha value is -3.93. The van der Waals surface area contributed by atoms with Crippen molar-refractivity contribution < 1.29 is 9.84 Å². The van der Waals surface area contributed by atoms with Gasteiger partial charge in [-0.3, -0.25) is 9.98 Å². The molecule has 2 heterocycles. The summed E-state index contributed by atoms with van der Waals surface area (Å²) in [5.41, 5.74) is 5.42. The molecule has 0 saturated heterocycles. The van der Waals surface area contributed by atoms with Gasteiger partial charge in [0.15, 0.2) is 0 Å². The number of aromatic amines is 1. The first-order chi connectivity index (χ1) is 18.3. The molecule has 1 aliphatic carbocycles. The van der Waals surface area contributed by atoms with Gasteiger partial charge in [0, 0.05) is 29.4 Å². The molecule has 1 atom stereocenters. The number of nitrogens with one attached hydrogen (secondary N) is 1. The average Bonchev–Trinajstić information content (AvgIpc) is 3.39. The Morgan fingerprint density at radius 3 is 2.47 bits per heavy atom. The van der Waals surface area contributed by atoms with Gasteiger partial charge >= 0.3 is 0 Å². The lowest BCUT2D eigenvalue weighted by atomic mass is 9.81. The maximum atomic E-state index is 10.6. The minimum absolute atomic E-state index is 0.293. The summed E-state index contributed by atoms with van der Waals surface area (Å²) >= 11 is 0. The molecule has 0 spiro atoms. The Kier molecular flexibility index (Phi) is 8.62. The number of benzene rings is 1. The van der Waals surface area contributed by atoms with E-state index >= 15 is 0 Å². The van der Waals surface area contributed by atoms with E-state index in [1.807, 2.05) is 68.7 Å². The summed E-state index contributed by atoms with van der Waals surface area (Å²) in [7, 11) is 0. The van der Waals surface area contributed by atoms with E-state index < -0.39 is 5.41 Å². The van der Waals surface area contributed by atoms with Crippen LogP contribution in [0.1, 0.15) is 59.1 Å². The molecule has 0 radical (unpaired) electrons. The zero-order valence-electron chi connectivity index (χ0n) is 22.9. The van der Waals surface area contributed by atoms with Crippen LogP contribution in [0.2, 0.25) is 0 Å². The molecule has 1 fully saturated rings. The molecule has 2 N–H and O–H groups in total. The molecule has 38 heavy (non-hydrogen) atoms. The second-order valence-electron chi connectivity index (χ2n) is 10.5. The summed E-state index contributed by atoms with van der Waals surface area (Å²) in [5, 5.41) is 10.6. The van der Waals surface area contributed by atoms with Gasteiger partial charge in [0.05, 0.1) is 28.7 Å². The van der Waals surface area contributed by atoms with Gasteiger partial charge in [0.25, 0.3) is 0 Å². The summed E-state index contributed by atoms with van der Waals surface area (Å²) in [4.78, 5) is 17.3. The molecule has 0 aliphatic heterocycles. The van der Waals surface area contributed by atoms with Crippen LogP contribution >= 0.6 is 0 Å². The van der Waals surface area contributed by atoms with Crippen molar-refractivity contribution in [2.45, 2.75) is 53.4 Å². The van der Waals surface area contributed by atoms with Crippen molar-refractivity contribution in [3.05, 3.63) is 90.7 Å².